The number of allylic oxidation sites excluding steroid dienone is 3. The van der Waals surface area contributed by atoms with Crippen molar-refractivity contribution in [1.82, 2.24) is 0 Å². The van der Waals surface area contributed by atoms with Crippen LogP contribution >= 0.6 is 0 Å². The molecule has 0 aliphatic carbocycles. The Morgan fingerprint density at radius 1 is 1.50 bits per heavy atom. The van der Waals surface area contributed by atoms with Gasteiger partial charge in [-0.05, 0) is 18.9 Å². The van der Waals surface area contributed by atoms with E-state index in [1.54, 1.807) is 7.11 Å². The highest BCUT2D eigenvalue weighted by Gasteiger charge is 1.88. The van der Waals surface area contributed by atoms with Crippen molar-refractivity contribution in [1.29, 1.82) is 0 Å². The average Bonchev–Trinajstić information content (AvgIpc) is 1.98. The van der Waals surface area contributed by atoms with Crippen LogP contribution in [-0.4, -0.2) is 13.7 Å². The maximum Gasteiger partial charge on any atom is 0.0675 e. The van der Waals surface area contributed by atoms with Crippen LogP contribution in [0.25, 0.3) is 0 Å². The maximum absolute atomic E-state index is 4.99. The highest BCUT2D eigenvalue weighted by molar-refractivity contribution is 5.11. The molecule has 0 radical (unpaired) electrons. The van der Waals surface area contributed by atoms with Gasteiger partial charge in [-0.15, -0.1) is 0 Å². The van der Waals surface area contributed by atoms with Crippen molar-refractivity contribution < 1.29 is 4.74 Å². The Balaban J connectivity index is 3.78. The minimum Gasteiger partial charge on any atom is -0.380 e. The largest absolute Gasteiger partial charge is 0.380 e. The number of ether oxygens (including phenoxy) is 1. The lowest BCUT2D eigenvalue weighted by molar-refractivity contribution is 0.223. The first-order chi connectivity index (χ1) is 4.85. The molecule has 0 aromatic heterocycles. The summed E-state index contributed by atoms with van der Waals surface area (Å²) in [5, 5.41) is 0. The van der Waals surface area contributed by atoms with E-state index in [0.717, 1.165) is 13.0 Å². The van der Waals surface area contributed by atoms with Gasteiger partial charge in [-0.25, -0.2) is 0 Å². The topological polar surface area (TPSA) is 9.23 Å². The van der Waals surface area contributed by atoms with E-state index in [2.05, 4.69) is 13.0 Å². The smallest absolute Gasteiger partial charge is 0.0675 e. The van der Waals surface area contributed by atoms with Crippen LogP contribution in [0.5, 0.6) is 0 Å². The van der Waals surface area contributed by atoms with Crippen LogP contribution in [0.15, 0.2) is 23.8 Å². The quantitative estimate of drug-likeness (QED) is 0.545. The molecule has 0 atom stereocenters. The molecule has 0 saturated heterocycles. The monoisotopic (exact) mass is 140 g/mol. The zero-order valence-corrected chi connectivity index (χ0v) is 7.05. The highest BCUT2D eigenvalue weighted by atomic mass is 16.5. The summed E-state index contributed by atoms with van der Waals surface area (Å²) in [5.41, 5.74) is 1.33. The Morgan fingerprint density at radius 2 is 2.20 bits per heavy atom. The lowest BCUT2D eigenvalue weighted by Gasteiger charge is -1.99. The molecule has 0 aliphatic rings. The fourth-order valence-electron chi connectivity index (χ4n) is 0.686. The third kappa shape index (κ3) is 4.33. The summed E-state index contributed by atoms with van der Waals surface area (Å²) in [6.45, 7) is 4.89. The Labute approximate surface area is 63.4 Å². The summed E-state index contributed by atoms with van der Waals surface area (Å²) >= 11 is 0. The van der Waals surface area contributed by atoms with Crippen LogP contribution in [-0.2, 0) is 4.74 Å². The molecule has 0 aliphatic heterocycles. The SMILES string of the molecule is C/C=C\C=C(/CC)COC. The first-order valence-electron chi connectivity index (χ1n) is 3.64. The molecule has 0 unspecified atom stereocenters. The fraction of sp³-hybridized carbons (Fsp3) is 0.556. The predicted octanol–water partition coefficient (Wildman–Crippen LogP) is 2.55. The van der Waals surface area contributed by atoms with Crippen molar-refractivity contribution in [2.45, 2.75) is 20.3 Å². The molecular weight excluding hydrogens is 124 g/mol. The molecule has 58 valence electrons. The van der Waals surface area contributed by atoms with E-state index in [4.69, 9.17) is 4.74 Å². The fourth-order valence-corrected chi connectivity index (χ4v) is 0.686. The molecule has 0 aromatic carbocycles. The van der Waals surface area contributed by atoms with Crippen molar-refractivity contribution in [3.05, 3.63) is 23.8 Å². The van der Waals surface area contributed by atoms with Crippen molar-refractivity contribution in [2.75, 3.05) is 13.7 Å². The Kier molecular flexibility index (Phi) is 6.19. The normalized spacial score (nSPS) is 12.9. The molecule has 0 rings (SSSR count). The lowest BCUT2D eigenvalue weighted by Crippen LogP contribution is -1.91. The summed E-state index contributed by atoms with van der Waals surface area (Å²) in [7, 11) is 1.72. The van der Waals surface area contributed by atoms with Gasteiger partial charge in [0.05, 0.1) is 6.61 Å². The molecule has 0 heterocycles. The highest BCUT2D eigenvalue weighted by Crippen LogP contribution is 2.00. The van der Waals surface area contributed by atoms with E-state index in [0.29, 0.717) is 0 Å². The summed E-state index contributed by atoms with van der Waals surface area (Å²) in [4.78, 5) is 0. The van der Waals surface area contributed by atoms with E-state index >= 15 is 0 Å². The van der Waals surface area contributed by atoms with Gasteiger partial charge in [0.2, 0.25) is 0 Å². The maximum atomic E-state index is 4.99. The van der Waals surface area contributed by atoms with Crippen LogP contribution in [0.2, 0.25) is 0 Å². The van der Waals surface area contributed by atoms with Crippen molar-refractivity contribution >= 4 is 0 Å². The van der Waals surface area contributed by atoms with E-state index in [1.807, 2.05) is 19.1 Å². The third-order valence-corrected chi connectivity index (χ3v) is 1.31. The lowest BCUT2D eigenvalue weighted by atomic mass is 10.2. The van der Waals surface area contributed by atoms with Gasteiger partial charge in [-0.2, -0.15) is 0 Å². The second-order valence-electron chi connectivity index (χ2n) is 2.14. The first-order valence-corrected chi connectivity index (χ1v) is 3.64. The summed E-state index contributed by atoms with van der Waals surface area (Å²) < 4.78 is 4.99. The molecule has 10 heavy (non-hydrogen) atoms. The molecule has 0 spiro atoms. The van der Waals surface area contributed by atoms with Gasteiger partial charge in [0.25, 0.3) is 0 Å². The second-order valence-corrected chi connectivity index (χ2v) is 2.14. The minimum absolute atomic E-state index is 0.751. The van der Waals surface area contributed by atoms with Crippen LogP contribution in [0.4, 0.5) is 0 Å². The molecule has 0 amide bonds. The summed E-state index contributed by atoms with van der Waals surface area (Å²) in [5.74, 6) is 0. The summed E-state index contributed by atoms with van der Waals surface area (Å²) in [6, 6.07) is 0. The molecular formula is C9H16O. The van der Waals surface area contributed by atoms with Crippen LogP contribution in [0.3, 0.4) is 0 Å². The second kappa shape index (κ2) is 6.56. The zero-order chi connectivity index (χ0) is 7.82. The van der Waals surface area contributed by atoms with Crippen LogP contribution in [0.1, 0.15) is 20.3 Å². The molecule has 0 N–H and O–H groups in total. The van der Waals surface area contributed by atoms with Gasteiger partial charge in [0, 0.05) is 7.11 Å². The molecule has 1 nitrogen and oxygen atoms in total. The van der Waals surface area contributed by atoms with Gasteiger partial charge in [-0.3, -0.25) is 0 Å². The van der Waals surface area contributed by atoms with E-state index in [1.165, 1.54) is 5.57 Å². The van der Waals surface area contributed by atoms with E-state index < -0.39 is 0 Å². The van der Waals surface area contributed by atoms with Gasteiger partial charge in [0.1, 0.15) is 0 Å². The summed E-state index contributed by atoms with van der Waals surface area (Å²) in [6.07, 6.45) is 7.23. The minimum atomic E-state index is 0.751. The van der Waals surface area contributed by atoms with Crippen molar-refractivity contribution in [3.8, 4) is 0 Å². The van der Waals surface area contributed by atoms with Gasteiger partial charge in [0.15, 0.2) is 0 Å². The number of methoxy groups -OCH3 is 1. The average molecular weight is 140 g/mol. The Hall–Kier alpha value is -0.560. The Morgan fingerprint density at radius 3 is 2.60 bits per heavy atom. The van der Waals surface area contributed by atoms with Crippen LogP contribution in [0, 0.1) is 0 Å². The predicted molar refractivity (Wildman–Crippen MR) is 45.1 cm³/mol. The van der Waals surface area contributed by atoms with Gasteiger partial charge in [-0.1, -0.05) is 25.2 Å². The van der Waals surface area contributed by atoms with Crippen molar-refractivity contribution in [2.24, 2.45) is 0 Å². The number of hydrogen-bond acceptors (Lipinski definition) is 1. The number of hydrogen-bond donors (Lipinski definition) is 0. The van der Waals surface area contributed by atoms with Crippen LogP contribution < -0.4 is 0 Å². The van der Waals surface area contributed by atoms with Crippen molar-refractivity contribution in [3.63, 3.8) is 0 Å². The zero-order valence-electron chi connectivity index (χ0n) is 7.05. The molecule has 0 bridgehead atoms. The standard InChI is InChI=1S/C9H16O/c1-4-6-7-9(5-2)8-10-3/h4,6-7H,5,8H2,1-3H3/b6-4-,9-7+. The van der Waals surface area contributed by atoms with E-state index in [9.17, 15) is 0 Å². The Bertz CT molecular complexity index is 123. The molecule has 0 fully saturated rings. The number of rotatable bonds is 4. The first kappa shape index (κ1) is 9.44. The molecule has 0 aromatic rings. The molecule has 0 saturated carbocycles. The third-order valence-electron chi connectivity index (χ3n) is 1.31. The van der Waals surface area contributed by atoms with Gasteiger partial charge < -0.3 is 4.74 Å². The van der Waals surface area contributed by atoms with E-state index in [-0.39, 0.29) is 0 Å². The van der Waals surface area contributed by atoms with Gasteiger partial charge >= 0.3 is 0 Å². The molecule has 1 heteroatoms.